The Balaban J connectivity index is 1.45. The van der Waals surface area contributed by atoms with Crippen LogP contribution >= 0.6 is 0 Å². The summed E-state index contributed by atoms with van der Waals surface area (Å²) in [6, 6.07) is 17.7. The monoisotopic (exact) mass is 401 g/mol. The van der Waals surface area contributed by atoms with Crippen molar-refractivity contribution < 1.29 is 18.8 Å². The largest absolute Gasteiger partial charge is 0.459 e. The summed E-state index contributed by atoms with van der Waals surface area (Å²) >= 11 is 0. The van der Waals surface area contributed by atoms with Crippen LogP contribution in [0.1, 0.15) is 20.9 Å². The number of hydrogen-bond acceptors (Lipinski definition) is 4. The van der Waals surface area contributed by atoms with Crippen LogP contribution in [0.15, 0.2) is 71.3 Å². The first-order chi connectivity index (χ1) is 14.6. The Kier molecular flexibility index (Phi) is 4.35. The number of anilines is 1. The van der Waals surface area contributed by atoms with E-state index in [0.717, 1.165) is 11.1 Å². The zero-order valence-electron chi connectivity index (χ0n) is 16.1. The van der Waals surface area contributed by atoms with Gasteiger partial charge in [-0.15, -0.1) is 0 Å². The van der Waals surface area contributed by atoms with E-state index in [0.29, 0.717) is 17.8 Å². The van der Waals surface area contributed by atoms with Crippen LogP contribution in [0.2, 0.25) is 0 Å². The van der Waals surface area contributed by atoms with Gasteiger partial charge in [0.25, 0.3) is 11.8 Å². The molecule has 2 aliphatic rings. The molecule has 0 aliphatic carbocycles. The Labute approximate surface area is 172 Å². The van der Waals surface area contributed by atoms with Crippen molar-refractivity contribution in [3.8, 4) is 11.1 Å². The molecular formula is C23H19N3O4. The second-order valence-electron chi connectivity index (χ2n) is 7.36. The van der Waals surface area contributed by atoms with Crippen LogP contribution in [0.25, 0.3) is 11.1 Å². The van der Waals surface area contributed by atoms with Gasteiger partial charge in [0.1, 0.15) is 6.04 Å². The van der Waals surface area contributed by atoms with E-state index in [4.69, 9.17) is 4.42 Å². The van der Waals surface area contributed by atoms with Crippen LogP contribution in [0.5, 0.6) is 0 Å². The number of furan rings is 1. The number of amides is 3. The van der Waals surface area contributed by atoms with Gasteiger partial charge in [-0.3, -0.25) is 14.4 Å². The molecule has 0 unspecified atom stereocenters. The topological polar surface area (TPSA) is 82.9 Å². The molecule has 7 heteroatoms. The highest BCUT2D eigenvalue weighted by Crippen LogP contribution is 2.30. The van der Waals surface area contributed by atoms with Gasteiger partial charge in [-0.1, -0.05) is 36.4 Å². The van der Waals surface area contributed by atoms with Crippen LogP contribution in [0.3, 0.4) is 0 Å². The van der Waals surface area contributed by atoms with Crippen molar-refractivity contribution in [1.29, 1.82) is 0 Å². The lowest BCUT2D eigenvalue weighted by molar-refractivity contribution is -0.121. The van der Waals surface area contributed by atoms with Gasteiger partial charge >= 0.3 is 0 Å². The SMILES string of the molecule is O=C1Nc2ccc(-c3ccccc3)cc2C(=O)N2CCN(C(=O)c3ccco3)C[C@@H]12. The third kappa shape index (κ3) is 3.04. The number of fused-ring (bicyclic) bond motifs is 2. The summed E-state index contributed by atoms with van der Waals surface area (Å²) in [6.45, 7) is 0.734. The van der Waals surface area contributed by atoms with Gasteiger partial charge in [0, 0.05) is 13.1 Å². The van der Waals surface area contributed by atoms with Gasteiger partial charge in [0.15, 0.2) is 5.76 Å². The van der Waals surface area contributed by atoms with Crippen LogP contribution < -0.4 is 5.32 Å². The summed E-state index contributed by atoms with van der Waals surface area (Å²) in [6.07, 6.45) is 1.44. The van der Waals surface area contributed by atoms with E-state index < -0.39 is 6.04 Å². The quantitative estimate of drug-likeness (QED) is 0.716. The summed E-state index contributed by atoms with van der Waals surface area (Å²) in [4.78, 5) is 42.0. The smallest absolute Gasteiger partial charge is 0.289 e. The average Bonchev–Trinajstić information content (AvgIpc) is 3.30. The minimum Gasteiger partial charge on any atom is -0.459 e. The maximum atomic E-state index is 13.3. The fourth-order valence-corrected chi connectivity index (χ4v) is 4.00. The molecule has 3 aromatic rings. The Bertz CT molecular complexity index is 1120. The summed E-state index contributed by atoms with van der Waals surface area (Å²) in [5.74, 6) is -0.574. The molecule has 3 heterocycles. The van der Waals surface area contributed by atoms with E-state index in [1.165, 1.54) is 6.26 Å². The summed E-state index contributed by atoms with van der Waals surface area (Å²) in [5.41, 5.74) is 2.84. The molecule has 0 radical (unpaired) electrons. The fourth-order valence-electron chi connectivity index (χ4n) is 4.00. The highest BCUT2D eigenvalue weighted by Gasteiger charge is 2.40. The van der Waals surface area contributed by atoms with Crippen LogP contribution in [-0.2, 0) is 4.79 Å². The highest BCUT2D eigenvalue weighted by atomic mass is 16.3. The summed E-state index contributed by atoms with van der Waals surface area (Å²) in [5, 5.41) is 2.86. The molecule has 2 aromatic carbocycles. The minimum absolute atomic E-state index is 0.122. The first kappa shape index (κ1) is 18.2. The maximum absolute atomic E-state index is 13.3. The Hall–Kier alpha value is -3.87. The molecule has 1 N–H and O–H groups in total. The molecule has 1 saturated heterocycles. The van der Waals surface area contributed by atoms with Crippen molar-refractivity contribution in [3.05, 3.63) is 78.3 Å². The van der Waals surface area contributed by atoms with E-state index in [2.05, 4.69) is 5.32 Å². The normalized spacial score (nSPS) is 18.3. The molecule has 1 fully saturated rings. The van der Waals surface area contributed by atoms with Crippen molar-refractivity contribution in [2.75, 3.05) is 25.0 Å². The fraction of sp³-hybridized carbons (Fsp3) is 0.174. The molecule has 0 saturated carbocycles. The maximum Gasteiger partial charge on any atom is 0.289 e. The first-order valence-corrected chi connectivity index (χ1v) is 9.76. The van der Waals surface area contributed by atoms with Crippen LogP contribution in [-0.4, -0.2) is 53.2 Å². The Morgan fingerprint density at radius 3 is 2.57 bits per heavy atom. The number of piperazine rings is 1. The van der Waals surface area contributed by atoms with E-state index in [9.17, 15) is 14.4 Å². The zero-order valence-corrected chi connectivity index (χ0v) is 16.1. The third-order valence-corrected chi connectivity index (χ3v) is 5.58. The van der Waals surface area contributed by atoms with E-state index in [-0.39, 0.29) is 36.6 Å². The van der Waals surface area contributed by atoms with Crippen molar-refractivity contribution in [2.45, 2.75) is 6.04 Å². The highest BCUT2D eigenvalue weighted by molar-refractivity contribution is 6.11. The predicted octanol–water partition coefficient (Wildman–Crippen LogP) is 2.87. The van der Waals surface area contributed by atoms with E-state index in [1.54, 1.807) is 28.0 Å². The van der Waals surface area contributed by atoms with Gasteiger partial charge in [-0.2, -0.15) is 0 Å². The number of benzene rings is 2. The van der Waals surface area contributed by atoms with Gasteiger partial charge < -0.3 is 19.5 Å². The molecule has 30 heavy (non-hydrogen) atoms. The van der Waals surface area contributed by atoms with Crippen molar-refractivity contribution in [2.24, 2.45) is 0 Å². The standard InChI is InChI=1S/C23H19N3O4/c27-21-19-14-25(23(29)20-7-4-12-30-20)10-11-26(19)22(28)17-13-16(8-9-18(17)24-21)15-5-2-1-3-6-15/h1-9,12-13,19H,10-11,14H2,(H,24,27)/t19-/m0/s1. The molecule has 2 aliphatic heterocycles. The zero-order chi connectivity index (χ0) is 20.7. The number of carbonyl (C=O) groups is 3. The molecular weight excluding hydrogens is 382 g/mol. The van der Waals surface area contributed by atoms with Gasteiger partial charge in [0.2, 0.25) is 5.91 Å². The summed E-state index contributed by atoms with van der Waals surface area (Å²) in [7, 11) is 0. The summed E-state index contributed by atoms with van der Waals surface area (Å²) < 4.78 is 5.19. The van der Waals surface area contributed by atoms with E-state index >= 15 is 0 Å². The van der Waals surface area contributed by atoms with E-state index in [1.807, 2.05) is 42.5 Å². The minimum atomic E-state index is -0.752. The number of nitrogens with zero attached hydrogens (tertiary/aromatic N) is 2. The molecule has 0 bridgehead atoms. The molecule has 3 amide bonds. The first-order valence-electron chi connectivity index (χ1n) is 9.76. The number of carbonyl (C=O) groups excluding carboxylic acids is 3. The predicted molar refractivity (Wildman–Crippen MR) is 110 cm³/mol. The lowest BCUT2D eigenvalue weighted by Crippen LogP contribution is -2.59. The molecule has 150 valence electrons. The van der Waals surface area contributed by atoms with Crippen molar-refractivity contribution in [3.63, 3.8) is 0 Å². The number of hydrogen-bond donors (Lipinski definition) is 1. The molecule has 5 rings (SSSR count). The lowest BCUT2D eigenvalue weighted by Gasteiger charge is -2.39. The lowest BCUT2D eigenvalue weighted by atomic mass is 10.0. The third-order valence-electron chi connectivity index (χ3n) is 5.58. The molecule has 0 spiro atoms. The van der Waals surface area contributed by atoms with Crippen molar-refractivity contribution in [1.82, 2.24) is 9.80 Å². The van der Waals surface area contributed by atoms with Gasteiger partial charge in [-0.25, -0.2) is 0 Å². The van der Waals surface area contributed by atoms with Gasteiger partial charge in [-0.05, 0) is 35.4 Å². The number of rotatable bonds is 2. The average molecular weight is 401 g/mol. The van der Waals surface area contributed by atoms with Crippen LogP contribution in [0, 0.1) is 0 Å². The second-order valence-corrected chi connectivity index (χ2v) is 7.36. The van der Waals surface area contributed by atoms with Gasteiger partial charge in [0.05, 0.1) is 24.1 Å². The van der Waals surface area contributed by atoms with Crippen molar-refractivity contribution >= 4 is 23.4 Å². The Morgan fingerprint density at radius 1 is 0.967 bits per heavy atom. The molecule has 1 atom stereocenters. The molecule has 1 aromatic heterocycles. The molecule has 7 nitrogen and oxygen atoms in total. The van der Waals surface area contributed by atoms with Crippen LogP contribution in [0.4, 0.5) is 5.69 Å². The number of nitrogens with one attached hydrogen (secondary N) is 1. The second kappa shape index (κ2) is 7.18. The Morgan fingerprint density at radius 2 is 1.80 bits per heavy atom.